The first-order valence-electron chi connectivity index (χ1n) is 14.9. The summed E-state index contributed by atoms with van der Waals surface area (Å²) < 4.78 is 33.2. The molecule has 0 unspecified atom stereocenters. The van der Waals surface area contributed by atoms with Gasteiger partial charge in [0, 0.05) is 36.8 Å². The molecule has 8 bridgehead atoms. The molecule has 1 aliphatic rings. The number of fused-ring (bicyclic) bond motifs is 8. The van der Waals surface area contributed by atoms with Gasteiger partial charge in [0.2, 0.25) is 0 Å². The van der Waals surface area contributed by atoms with E-state index in [9.17, 15) is 23.7 Å². The van der Waals surface area contributed by atoms with Gasteiger partial charge >= 0.3 is 10.1 Å². The number of aryl methyl sites for hydroxylation is 4. The Labute approximate surface area is 264 Å². The summed E-state index contributed by atoms with van der Waals surface area (Å²) in [6.45, 7) is 7.79. The lowest BCUT2D eigenvalue weighted by molar-refractivity contribution is 0.453. The molecule has 0 fully saturated rings. The third-order valence-electron chi connectivity index (χ3n) is 8.37. The summed E-state index contributed by atoms with van der Waals surface area (Å²) in [6, 6.07) is 23.2. The van der Waals surface area contributed by atoms with Gasteiger partial charge in [0.1, 0.15) is 27.9 Å². The highest BCUT2D eigenvalue weighted by Gasteiger charge is 2.25. The molecule has 5 aromatic carbocycles. The molecule has 6 nitrogen and oxygen atoms in total. The van der Waals surface area contributed by atoms with Crippen LogP contribution in [-0.4, -0.2) is 23.7 Å². The van der Waals surface area contributed by atoms with Gasteiger partial charge in [-0.15, -0.1) is 0 Å². The first kappa shape index (κ1) is 30.3. The van der Waals surface area contributed by atoms with Crippen molar-refractivity contribution in [2.45, 2.75) is 58.3 Å². The number of rotatable bonds is 3. The lowest BCUT2D eigenvalue weighted by Crippen LogP contribution is -2.13. The van der Waals surface area contributed by atoms with E-state index in [1.54, 1.807) is 18.2 Å². The number of benzene rings is 5. The molecule has 5 aromatic rings. The van der Waals surface area contributed by atoms with Crippen LogP contribution < -0.4 is 4.18 Å². The van der Waals surface area contributed by atoms with Gasteiger partial charge in [0.15, 0.2) is 0 Å². The van der Waals surface area contributed by atoms with Crippen molar-refractivity contribution in [1.29, 1.82) is 0 Å². The van der Waals surface area contributed by atoms with Crippen LogP contribution in [0.1, 0.15) is 66.8 Å². The number of phenols is 3. The Morgan fingerprint density at radius 3 is 1.11 bits per heavy atom. The number of hydrogen-bond donors (Lipinski definition) is 3. The highest BCUT2D eigenvalue weighted by atomic mass is 32.2. The molecule has 1 aliphatic carbocycles. The zero-order valence-corrected chi connectivity index (χ0v) is 26.6. The second kappa shape index (κ2) is 11.6. The molecule has 0 amide bonds. The van der Waals surface area contributed by atoms with Crippen LogP contribution in [0, 0.1) is 27.7 Å². The SMILES string of the molecule is Cc1cc2c(O)c(c1)Cc1cc(C)cc(c1O)Cc1cc(C)cc(c1OS(=O)(=O)c1ccccc1)Cc1cc(C)cc(c1O)C2. The Balaban J connectivity index is 1.62. The van der Waals surface area contributed by atoms with Crippen molar-refractivity contribution in [2.75, 3.05) is 0 Å². The van der Waals surface area contributed by atoms with Crippen molar-refractivity contribution in [1.82, 2.24) is 0 Å². The van der Waals surface area contributed by atoms with Gasteiger partial charge < -0.3 is 19.5 Å². The van der Waals surface area contributed by atoms with Gasteiger partial charge in [-0.3, -0.25) is 0 Å². The van der Waals surface area contributed by atoms with E-state index in [1.807, 2.05) is 76.2 Å². The molecule has 0 heterocycles. The average Bonchev–Trinajstić information content (AvgIpc) is 2.97. The molecule has 0 saturated carbocycles. The second-order valence-electron chi connectivity index (χ2n) is 12.3. The minimum absolute atomic E-state index is 0.0299. The van der Waals surface area contributed by atoms with Gasteiger partial charge in [-0.2, -0.15) is 8.42 Å². The van der Waals surface area contributed by atoms with Crippen LogP contribution in [0.4, 0.5) is 0 Å². The average molecular weight is 621 g/mol. The van der Waals surface area contributed by atoms with Crippen molar-refractivity contribution in [3.63, 3.8) is 0 Å². The fourth-order valence-electron chi connectivity index (χ4n) is 6.48. The zero-order valence-electron chi connectivity index (χ0n) is 25.8. The van der Waals surface area contributed by atoms with Crippen LogP contribution >= 0.6 is 0 Å². The molecular formula is C38H36O6S. The summed E-state index contributed by atoms with van der Waals surface area (Å²) >= 11 is 0. The first-order chi connectivity index (χ1) is 21.4. The van der Waals surface area contributed by atoms with Gasteiger partial charge in [0.05, 0.1) is 0 Å². The van der Waals surface area contributed by atoms with E-state index in [1.165, 1.54) is 12.1 Å². The molecule has 6 rings (SSSR count). The van der Waals surface area contributed by atoms with E-state index in [0.29, 0.717) is 44.5 Å². The Morgan fingerprint density at radius 2 is 0.778 bits per heavy atom. The third kappa shape index (κ3) is 6.13. The summed E-state index contributed by atoms with van der Waals surface area (Å²) in [6.07, 6.45) is 0.976. The van der Waals surface area contributed by atoms with E-state index in [0.717, 1.165) is 22.3 Å². The molecule has 0 spiro atoms. The van der Waals surface area contributed by atoms with Crippen molar-refractivity contribution in [3.8, 4) is 23.0 Å². The Hall–Kier alpha value is -4.75. The largest absolute Gasteiger partial charge is 0.507 e. The summed E-state index contributed by atoms with van der Waals surface area (Å²) in [7, 11) is -4.21. The fraction of sp³-hybridized carbons (Fsp3) is 0.211. The van der Waals surface area contributed by atoms with Gasteiger partial charge in [0.25, 0.3) is 0 Å². The predicted octanol–water partition coefficient (Wildman–Crippen LogP) is 7.48. The summed E-state index contributed by atoms with van der Waals surface area (Å²) in [5.74, 6) is 0.502. The van der Waals surface area contributed by atoms with Gasteiger partial charge in [-0.05, 0) is 73.2 Å². The minimum atomic E-state index is -4.21. The van der Waals surface area contributed by atoms with E-state index in [4.69, 9.17) is 4.18 Å². The second-order valence-corrected chi connectivity index (χ2v) is 13.8. The monoisotopic (exact) mass is 620 g/mol. The predicted molar refractivity (Wildman–Crippen MR) is 175 cm³/mol. The summed E-state index contributed by atoms with van der Waals surface area (Å²) in [5.41, 5.74) is 8.77. The lowest BCUT2D eigenvalue weighted by atomic mass is 9.89. The number of hydrogen-bond acceptors (Lipinski definition) is 6. The summed E-state index contributed by atoms with van der Waals surface area (Å²) in [4.78, 5) is 0.0299. The quantitative estimate of drug-likeness (QED) is 0.177. The van der Waals surface area contributed by atoms with Crippen molar-refractivity contribution < 1.29 is 27.9 Å². The molecule has 230 valence electrons. The molecule has 7 heteroatoms. The number of phenolic OH excluding ortho intramolecular Hbond substituents is 3. The smallest absolute Gasteiger partial charge is 0.339 e. The fourth-order valence-corrected chi connectivity index (χ4v) is 7.50. The zero-order chi connectivity index (χ0) is 32.0. The van der Waals surface area contributed by atoms with E-state index >= 15 is 0 Å². The maximum absolute atomic E-state index is 13.6. The summed E-state index contributed by atoms with van der Waals surface area (Å²) in [5, 5.41) is 34.6. The van der Waals surface area contributed by atoms with Crippen LogP contribution in [-0.2, 0) is 35.8 Å². The van der Waals surface area contributed by atoms with Crippen LogP contribution in [0.15, 0.2) is 83.8 Å². The molecule has 0 saturated heterocycles. The third-order valence-corrected chi connectivity index (χ3v) is 9.61. The molecule has 0 aromatic heterocycles. The van der Waals surface area contributed by atoms with Gasteiger partial charge in [-0.1, -0.05) is 89.0 Å². The molecule has 0 atom stereocenters. The highest BCUT2D eigenvalue weighted by molar-refractivity contribution is 7.87. The van der Waals surface area contributed by atoms with Crippen molar-refractivity contribution in [3.05, 3.63) is 146 Å². The van der Waals surface area contributed by atoms with E-state index in [2.05, 4.69) is 0 Å². The van der Waals surface area contributed by atoms with Crippen LogP contribution in [0.3, 0.4) is 0 Å². The highest BCUT2D eigenvalue weighted by Crippen LogP contribution is 2.40. The van der Waals surface area contributed by atoms with E-state index in [-0.39, 0.29) is 53.6 Å². The Bertz CT molecular complexity index is 1960. The van der Waals surface area contributed by atoms with E-state index < -0.39 is 10.1 Å². The first-order valence-corrected chi connectivity index (χ1v) is 16.3. The molecule has 3 N–H and O–H groups in total. The van der Waals surface area contributed by atoms with Gasteiger partial charge in [-0.25, -0.2) is 0 Å². The minimum Gasteiger partial charge on any atom is -0.507 e. The molecule has 0 aliphatic heterocycles. The molecule has 45 heavy (non-hydrogen) atoms. The Morgan fingerprint density at radius 1 is 0.489 bits per heavy atom. The standard InChI is InChI=1S/C38H36O6S/c1-22-10-26-18-28-12-23(2)14-30(36(28)40)20-32-16-25(4)17-33(38(32)44-45(42,43)34-8-6-5-7-9-34)21-31-15-24(3)13-29(37(31)41)19-27(11-22)35(26)39/h5-17,39-41H,18-21H2,1-4H3. The van der Waals surface area contributed by atoms with Crippen molar-refractivity contribution >= 4 is 10.1 Å². The molecular weight excluding hydrogens is 584 g/mol. The Kier molecular flexibility index (Phi) is 7.83. The number of aromatic hydroxyl groups is 3. The maximum atomic E-state index is 13.6. The normalized spacial score (nSPS) is 13.0. The molecule has 0 radical (unpaired) electrons. The lowest BCUT2D eigenvalue weighted by Gasteiger charge is -2.21. The topological polar surface area (TPSA) is 104 Å². The van der Waals surface area contributed by atoms with Crippen LogP contribution in [0.25, 0.3) is 0 Å². The maximum Gasteiger partial charge on any atom is 0.339 e. The van der Waals surface area contributed by atoms with Crippen LogP contribution in [0.2, 0.25) is 0 Å². The van der Waals surface area contributed by atoms with Crippen LogP contribution in [0.5, 0.6) is 23.0 Å². The van der Waals surface area contributed by atoms with Crippen molar-refractivity contribution in [2.24, 2.45) is 0 Å².